The van der Waals surface area contributed by atoms with Crippen molar-refractivity contribution in [3.63, 3.8) is 0 Å². The van der Waals surface area contributed by atoms with E-state index in [0.29, 0.717) is 6.42 Å². The molecule has 0 radical (unpaired) electrons. The minimum Gasteiger partial charge on any atom is -0.477 e. The van der Waals surface area contributed by atoms with Gasteiger partial charge in [-0.15, -0.1) is 0 Å². The Balaban J connectivity index is 2.79. The predicted molar refractivity (Wildman–Crippen MR) is 236 cm³/mol. The van der Waals surface area contributed by atoms with Crippen molar-refractivity contribution in [3.05, 3.63) is 12.2 Å². The molecule has 352 valence electrons. The van der Waals surface area contributed by atoms with Crippen molar-refractivity contribution in [3.8, 4) is 0 Å². The van der Waals surface area contributed by atoms with Crippen LogP contribution >= 0.6 is 0 Å². The second-order valence-electron chi connectivity index (χ2n) is 17.3. The third-order valence-electron chi connectivity index (χ3n) is 11.8. The van der Waals surface area contributed by atoms with Gasteiger partial charge in [-0.05, 0) is 19.3 Å². The van der Waals surface area contributed by atoms with Crippen LogP contribution in [0.2, 0.25) is 0 Å². The number of amides is 2. The Hall–Kier alpha value is -2.13. The second kappa shape index (κ2) is 35.3. The van der Waals surface area contributed by atoms with E-state index in [1.54, 1.807) is 6.08 Å². The Kier molecular flexibility index (Phi) is 32.9. The lowest BCUT2D eigenvalue weighted by Gasteiger charge is -2.46. The van der Waals surface area contributed by atoms with Crippen LogP contribution < -0.4 is 10.6 Å². The maximum Gasteiger partial charge on any atom is 0.364 e. The van der Waals surface area contributed by atoms with Gasteiger partial charge in [0, 0.05) is 19.8 Å². The lowest BCUT2D eigenvalue weighted by atomic mass is 9.88. The van der Waals surface area contributed by atoms with Gasteiger partial charge in [0.05, 0.1) is 37.5 Å². The van der Waals surface area contributed by atoms with Gasteiger partial charge >= 0.3 is 5.97 Å². The van der Waals surface area contributed by atoms with Crippen LogP contribution in [0.4, 0.5) is 0 Å². The summed E-state index contributed by atoms with van der Waals surface area (Å²) in [5.41, 5.74) is 0. The lowest BCUT2D eigenvalue weighted by Crippen LogP contribution is -2.68. The highest BCUT2D eigenvalue weighted by atomic mass is 16.7. The van der Waals surface area contributed by atoms with Gasteiger partial charge in [-0.2, -0.15) is 0 Å². The van der Waals surface area contributed by atoms with Gasteiger partial charge in [-0.25, -0.2) is 4.79 Å². The van der Waals surface area contributed by atoms with Crippen molar-refractivity contribution in [1.82, 2.24) is 10.6 Å². The van der Waals surface area contributed by atoms with Gasteiger partial charge in [0.1, 0.15) is 18.3 Å². The summed E-state index contributed by atoms with van der Waals surface area (Å²) in [5.74, 6) is -5.19. The zero-order valence-corrected chi connectivity index (χ0v) is 37.8. The van der Waals surface area contributed by atoms with Gasteiger partial charge < -0.3 is 50.7 Å². The van der Waals surface area contributed by atoms with Crippen LogP contribution in [0.5, 0.6) is 0 Å². The van der Waals surface area contributed by atoms with Crippen LogP contribution in [0.25, 0.3) is 0 Å². The highest BCUT2D eigenvalue weighted by molar-refractivity contribution is 5.77. The molecule has 0 aromatic rings. The smallest absolute Gasteiger partial charge is 0.364 e. The molecule has 0 aromatic heterocycles. The van der Waals surface area contributed by atoms with Crippen molar-refractivity contribution in [2.24, 2.45) is 0 Å². The minimum atomic E-state index is -2.59. The molecule has 0 aromatic carbocycles. The molecule has 60 heavy (non-hydrogen) atoms. The Morgan fingerprint density at radius 3 is 1.62 bits per heavy atom. The van der Waals surface area contributed by atoms with Crippen molar-refractivity contribution in [1.29, 1.82) is 0 Å². The third-order valence-corrected chi connectivity index (χ3v) is 11.8. The van der Waals surface area contributed by atoms with Crippen molar-refractivity contribution in [2.45, 2.75) is 255 Å². The Labute approximate surface area is 362 Å². The fraction of sp³-hybridized carbons (Fsp3) is 0.894. The number of carbonyl (C=O) groups excluding carboxylic acids is 2. The molecule has 0 spiro atoms. The summed E-state index contributed by atoms with van der Waals surface area (Å²) in [6.45, 7) is 4.19. The molecule has 0 saturated carbocycles. The average Bonchev–Trinajstić information content (AvgIpc) is 3.22. The summed E-state index contributed by atoms with van der Waals surface area (Å²) in [4.78, 5) is 37.8. The minimum absolute atomic E-state index is 0.217. The Bertz CT molecular complexity index is 1130. The second-order valence-corrected chi connectivity index (χ2v) is 17.3. The van der Waals surface area contributed by atoms with Crippen LogP contribution in [0.3, 0.4) is 0 Å². The SMILES string of the molecule is CCCCCCCCCCCCC/C=C/[C@@H](O)[C@H](CO[C@]1(C(=O)O)C[C@H](O)[C@@H](NC(C)=O)[C@H]([C@H](O)[C@H](O)CO)O1)NC(=O)CCCCCCCCCCCCCCCCC. The van der Waals surface area contributed by atoms with E-state index in [4.69, 9.17) is 9.47 Å². The summed E-state index contributed by atoms with van der Waals surface area (Å²) < 4.78 is 11.6. The summed E-state index contributed by atoms with van der Waals surface area (Å²) in [5, 5.41) is 68.3. The number of carboxylic acid groups (broad SMARTS) is 1. The number of ether oxygens (including phenoxy) is 2. The quantitative estimate of drug-likeness (QED) is 0.0224. The van der Waals surface area contributed by atoms with Crippen LogP contribution in [0.15, 0.2) is 12.2 Å². The summed E-state index contributed by atoms with van der Waals surface area (Å²) in [6, 6.07) is -2.43. The van der Waals surface area contributed by atoms with E-state index in [2.05, 4.69) is 24.5 Å². The first kappa shape index (κ1) is 55.9. The monoisotopic (exact) mass is 857 g/mol. The molecule has 8 atom stereocenters. The largest absolute Gasteiger partial charge is 0.477 e. The van der Waals surface area contributed by atoms with E-state index in [1.165, 1.54) is 122 Å². The van der Waals surface area contributed by atoms with E-state index < -0.39 is 79.9 Å². The molecule has 8 N–H and O–H groups in total. The number of aliphatic hydroxyl groups excluding tert-OH is 5. The third kappa shape index (κ3) is 25.1. The number of hydrogen-bond acceptors (Lipinski definition) is 10. The first-order chi connectivity index (χ1) is 28.9. The topological polar surface area (TPSA) is 215 Å². The fourth-order valence-electron chi connectivity index (χ4n) is 7.96. The van der Waals surface area contributed by atoms with Gasteiger partial charge in [0.15, 0.2) is 0 Å². The Morgan fingerprint density at radius 1 is 0.733 bits per heavy atom. The molecular weight excluding hydrogens is 769 g/mol. The number of aliphatic hydroxyl groups is 5. The predicted octanol–water partition coefficient (Wildman–Crippen LogP) is 7.52. The molecule has 1 saturated heterocycles. The van der Waals surface area contributed by atoms with E-state index in [0.717, 1.165) is 51.9 Å². The molecule has 2 amide bonds. The van der Waals surface area contributed by atoms with Crippen LogP contribution in [-0.4, -0.2) is 110 Å². The molecule has 0 bridgehead atoms. The molecule has 0 unspecified atom stereocenters. The molecule has 1 aliphatic heterocycles. The number of nitrogens with one attached hydrogen (secondary N) is 2. The van der Waals surface area contributed by atoms with Crippen molar-refractivity contribution >= 4 is 17.8 Å². The summed E-state index contributed by atoms with van der Waals surface area (Å²) in [6.07, 6.45) is 26.8. The zero-order valence-electron chi connectivity index (χ0n) is 37.8. The van der Waals surface area contributed by atoms with E-state index in [-0.39, 0.29) is 12.3 Å². The molecule has 13 heteroatoms. The van der Waals surface area contributed by atoms with Crippen LogP contribution in [0, 0.1) is 0 Å². The molecule has 1 aliphatic rings. The number of carboxylic acids is 1. The molecule has 13 nitrogen and oxygen atoms in total. The normalized spacial score (nSPS) is 21.4. The lowest BCUT2D eigenvalue weighted by molar-refractivity contribution is -0.313. The standard InChI is InChI=1S/C47H88N2O11/c1-4-6-8-10-12-14-16-18-19-21-23-25-27-29-31-33-42(55)49-38(39(52)32-30-28-26-24-22-20-17-15-13-11-9-7-5-2)36-59-47(46(57)58)34-40(53)43(48-37(3)51)45(60-47)44(56)41(54)35-50/h30,32,38-41,43-45,50,52-54,56H,4-29,31,33-36H2,1-3H3,(H,48,51)(H,49,55)(H,57,58)/b32-30+/t38-,39+,40-,41+,43+,44+,45+,47+/m0/s1. The molecule has 1 rings (SSSR count). The number of unbranched alkanes of at least 4 members (excludes halogenated alkanes) is 25. The average molecular weight is 857 g/mol. The van der Waals surface area contributed by atoms with E-state index in [1.807, 2.05) is 6.08 Å². The van der Waals surface area contributed by atoms with E-state index >= 15 is 0 Å². The molecule has 1 fully saturated rings. The van der Waals surface area contributed by atoms with Gasteiger partial charge in [0.25, 0.3) is 5.79 Å². The van der Waals surface area contributed by atoms with Gasteiger partial charge in [-0.1, -0.05) is 180 Å². The molecular formula is C47H88N2O11. The number of aliphatic carboxylic acids is 1. The van der Waals surface area contributed by atoms with Crippen molar-refractivity contribution in [2.75, 3.05) is 13.2 Å². The summed E-state index contributed by atoms with van der Waals surface area (Å²) >= 11 is 0. The summed E-state index contributed by atoms with van der Waals surface area (Å²) in [7, 11) is 0. The zero-order chi connectivity index (χ0) is 44.4. The highest BCUT2D eigenvalue weighted by Gasteiger charge is 2.56. The number of allylic oxidation sites excluding steroid dienone is 1. The number of carbonyl (C=O) groups is 3. The first-order valence-corrected chi connectivity index (χ1v) is 24.0. The highest BCUT2D eigenvalue weighted by Crippen LogP contribution is 2.34. The van der Waals surface area contributed by atoms with E-state index in [9.17, 15) is 45.0 Å². The van der Waals surface area contributed by atoms with Crippen molar-refractivity contribution < 1.29 is 54.5 Å². The number of rotatable bonds is 39. The first-order valence-electron chi connectivity index (χ1n) is 24.0. The molecule has 0 aliphatic carbocycles. The van der Waals surface area contributed by atoms with Gasteiger partial charge in [-0.3, -0.25) is 9.59 Å². The maximum absolute atomic E-state index is 13.2. The Morgan fingerprint density at radius 2 is 1.18 bits per heavy atom. The van der Waals surface area contributed by atoms with Gasteiger partial charge in [0.2, 0.25) is 11.8 Å². The van der Waals surface area contributed by atoms with Crippen LogP contribution in [-0.2, 0) is 23.9 Å². The molecule has 1 heterocycles. The number of hydrogen-bond donors (Lipinski definition) is 8. The maximum atomic E-state index is 13.2. The fourth-order valence-corrected chi connectivity index (χ4v) is 7.96. The van der Waals surface area contributed by atoms with Crippen LogP contribution in [0.1, 0.15) is 207 Å².